The largest absolute Gasteiger partial charge is 0.464 e. The Morgan fingerprint density at radius 3 is 2.48 bits per heavy atom. The second-order valence-corrected chi connectivity index (χ2v) is 5.58. The molecule has 0 unspecified atom stereocenters. The van der Waals surface area contributed by atoms with Gasteiger partial charge in [-0.25, -0.2) is 0 Å². The van der Waals surface area contributed by atoms with Crippen molar-refractivity contribution in [2.45, 2.75) is 12.8 Å². The van der Waals surface area contributed by atoms with E-state index in [9.17, 15) is 0 Å². The highest BCUT2D eigenvalue weighted by atomic mass is 35.5. The van der Waals surface area contributed by atoms with Crippen molar-refractivity contribution in [3.8, 4) is 22.6 Å². The van der Waals surface area contributed by atoms with E-state index >= 15 is 0 Å². The van der Waals surface area contributed by atoms with Gasteiger partial charge in [0.05, 0.1) is 6.26 Å². The number of fused-ring (bicyclic) bond motifs is 1. The number of hydrogen-bond acceptors (Lipinski definition) is 4. The molecule has 0 aliphatic carbocycles. The first kappa shape index (κ1) is 14.0. The van der Waals surface area contributed by atoms with Crippen LogP contribution in [-0.4, -0.2) is 10.2 Å². The van der Waals surface area contributed by atoms with Crippen LogP contribution in [0.5, 0.6) is 0 Å². The quantitative estimate of drug-likeness (QED) is 0.486. The third-order valence-corrected chi connectivity index (χ3v) is 4.07. The zero-order valence-electron chi connectivity index (χ0n) is 12.4. The first-order valence-corrected chi connectivity index (χ1v) is 7.75. The van der Waals surface area contributed by atoms with Gasteiger partial charge in [0.2, 0.25) is 11.8 Å². The molecule has 0 radical (unpaired) electrons. The molecule has 0 aliphatic rings. The molecule has 0 amide bonds. The monoisotopic (exact) mass is 324 g/mol. The molecule has 0 aliphatic heterocycles. The van der Waals surface area contributed by atoms with Crippen LogP contribution in [0.4, 0.5) is 0 Å². The molecule has 4 nitrogen and oxygen atoms in total. The fraction of sp³-hybridized carbons (Fsp3) is 0.111. The highest BCUT2D eigenvalue weighted by Crippen LogP contribution is 2.33. The Balaban J connectivity index is 1.83. The number of nitrogens with zero attached hydrogens (tertiary/aromatic N) is 2. The first-order valence-electron chi connectivity index (χ1n) is 7.21. The second kappa shape index (κ2) is 5.56. The molecule has 0 N–H and O–H groups in total. The fourth-order valence-corrected chi connectivity index (χ4v) is 2.75. The average molecular weight is 325 g/mol. The van der Waals surface area contributed by atoms with E-state index in [1.807, 2.05) is 42.5 Å². The fourth-order valence-electron chi connectivity index (χ4n) is 2.57. The Morgan fingerprint density at radius 2 is 1.78 bits per heavy atom. The molecule has 2 aromatic carbocycles. The summed E-state index contributed by atoms with van der Waals surface area (Å²) in [4.78, 5) is 0. The lowest BCUT2D eigenvalue weighted by molar-refractivity contribution is 0.533. The van der Waals surface area contributed by atoms with E-state index in [0.29, 0.717) is 17.7 Å². The van der Waals surface area contributed by atoms with Crippen molar-refractivity contribution in [3.63, 3.8) is 0 Å². The summed E-state index contributed by atoms with van der Waals surface area (Å²) in [6, 6.07) is 14.0. The van der Waals surface area contributed by atoms with Crippen LogP contribution < -0.4 is 0 Å². The lowest BCUT2D eigenvalue weighted by Gasteiger charge is -2.01. The van der Waals surface area contributed by atoms with Crippen LogP contribution in [-0.2, 0) is 5.88 Å². The maximum Gasteiger partial charge on any atom is 0.247 e. The van der Waals surface area contributed by atoms with Crippen molar-refractivity contribution in [3.05, 3.63) is 60.2 Å². The predicted molar refractivity (Wildman–Crippen MR) is 89.2 cm³/mol. The topological polar surface area (TPSA) is 52.1 Å². The highest BCUT2D eigenvalue weighted by molar-refractivity contribution is 6.17. The van der Waals surface area contributed by atoms with E-state index in [0.717, 1.165) is 33.2 Å². The minimum atomic E-state index is 0.507. The maximum absolute atomic E-state index is 5.85. The lowest BCUT2D eigenvalue weighted by atomic mass is 10.0. The van der Waals surface area contributed by atoms with Gasteiger partial charge in [0, 0.05) is 29.3 Å². The molecule has 4 rings (SSSR count). The molecule has 4 aromatic rings. The number of furan rings is 1. The van der Waals surface area contributed by atoms with Crippen LogP contribution in [0.1, 0.15) is 11.5 Å². The predicted octanol–water partition coefficient (Wildman–Crippen LogP) is 5.20. The number of aryl methyl sites for hydroxylation is 1. The van der Waals surface area contributed by atoms with Crippen LogP contribution in [0.15, 0.2) is 57.6 Å². The highest BCUT2D eigenvalue weighted by Gasteiger charge is 2.12. The molecule has 0 saturated heterocycles. The minimum absolute atomic E-state index is 0.507. The van der Waals surface area contributed by atoms with E-state index in [-0.39, 0.29) is 0 Å². The van der Waals surface area contributed by atoms with Crippen molar-refractivity contribution in [1.29, 1.82) is 0 Å². The van der Waals surface area contributed by atoms with E-state index in [1.165, 1.54) is 0 Å². The zero-order chi connectivity index (χ0) is 15.8. The molecule has 0 saturated carbocycles. The van der Waals surface area contributed by atoms with Crippen LogP contribution in [0.2, 0.25) is 0 Å². The number of hydrogen-bond donors (Lipinski definition) is 0. The Hall–Kier alpha value is -2.59. The number of halogens is 1. The van der Waals surface area contributed by atoms with E-state index < -0.39 is 0 Å². The molecular formula is C18H13ClN2O2. The van der Waals surface area contributed by atoms with Gasteiger partial charge in [-0.1, -0.05) is 24.3 Å². The van der Waals surface area contributed by atoms with Crippen molar-refractivity contribution >= 4 is 22.6 Å². The normalized spacial score (nSPS) is 11.2. The summed E-state index contributed by atoms with van der Waals surface area (Å²) in [5, 5.41) is 8.96. The van der Waals surface area contributed by atoms with Gasteiger partial charge >= 0.3 is 0 Å². The average Bonchev–Trinajstić information content (AvgIpc) is 3.20. The summed E-state index contributed by atoms with van der Waals surface area (Å²) in [5.41, 5.74) is 4.89. The third-order valence-electron chi connectivity index (χ3n) is 3.77. The van der Waals surface area contributed by atoms with E-state index in [4.69, 9.17) is 20.4 Å². The van der Waals surface area contributed by atoms with Crippen LogP contribution in [0, 0.1) is 6.92 Å². The van der Waals surface area contributed by atoms with Gasteiger partial charge in [0.25, 0.3) is 0 Å². The Bertz CT molecular complexity index is 970. The first-order chi connectivity index (χ1) is 11.2. The van der Waals surface area contributed by atoms with Crippen molar-refractivity contribution in [2.24, 2.45) is 0 Å². The summed E-state index contributed by atoms with van der Waals surface area (Å²) >= 11 is 5.85. The van der Waals surface area contributed by atoms with Crippen molar-refractivity contribution in [2.75, 3.05) is 0 Å². The van der Waals surface area contributed by atoms with E-state index in [2.05, 4.69) is 10.2 Å². The third kappa shape index (κ3) is 2.51. The molecule has 0 bridgehead atoms. The Kier molecular flexibility index (Phi) is 3.39. The molecule has 0 atom stereocenters. The van der Waals surface area contributed by atoms with Gasteiger partial charge in [-0.3, -0.25) is 0 Å². The molecular weight excluding hydrogens is 312 g/mol. The Morgan fingerprint density at radius 1 is 1.00 bits per heavy atom. The molecule has 0 fully saturated rings. The van der Waals surface area contributed by atoms with Gasteiger partial charge < -0.3 is 8.83 Å². The number of alkyl halides is 1. The Labute approximate surface area is 137 Å². The van der Waals surface area contributed by atoms with Crippen molar-refractivity contribution < 1.29 is 8.83 Å². The van der Waals surface area contributed by atoms with Gasteiger partial charge in [-0.2, -0.15) is 0 Å². The van der Waals surface area contributed by atoms with Crippen molar-refractivity contribution in [1.82, 2.24) is 10.2 Å². The number of aromatic nitrogens is 2. The summed E-state index contributed by atoms with van der Waals surface area (Å²) in [5.74, 6) is 1.56. The summed E-state index contributed by atoms with van der Waals surface area (Å²) < 4.78 is 11.2. The molecule has 114 valence electrons. The summed E-state index contributed by atoms with van der Waals surface area (Å²) in [6.07, 6.45) is 1.77. The minimum Gasteiger partial charge on any atom is -0.464 e. The van der Waals surface area contributed by atoms with Gasteiger partial charge in [-0.15, -0.1) is 21.8 Å². The second-order valence-electron chi connectivity index (χ2n) is 5.32. The molecule has 2 aromatic heterocycles. The van der Waals surface area contributed by atoms with Gasteiger partial charge in [-0.05, 0) is 29.3 Å². The number of benzene rings is 2. The summed E-state index contributed by atoms with van der Waals surface area (Å²) in [6.45, 7) is 1.77. The van der Waals surface area contributed by atoms with Gasteiger partial charge in [0.15, 0.2) is 0 Å². The lowest BCUT2D eigenvalue weighted by Crippen LogP contribution is -1.81. The molecule has 5 heteroatoms. The SMILES string of the molecule is Cc1nnc(-c2ccc3occ(-c4ccc(CCl)cc4)c3c2)o1. The molecule has 0 spiro atoms. The standard InChI is InChI=1S/C18H13ClN2O2/c1-11-20-21-18(23-11)14-6-7-17-15(8-14)16(10-22-17)13-4-2-12(9-19)3-5-13/h2-8,10H,9H2,1H3. The van der Waals surface area contributed by atoms with Crippen LogP contribution in [0.3, 0.4) is 0 Å². The molecule has 23 heavy (non-hydrogen) atoms. The van der Waals surface area contributed by atoms with E-state index in [1.54, 1.807) is 13.2 Å². The maximum atomic E-state index is 5.85. The van der Waals surface area contributed by atoms with Crippen LogP contribution >= 0.6 is 11.6 Å². The smallest absolute Gasteiger partial charge is 0.247 e. The summed E-state index contributed by atoms with van der Waals surface area (Å²) in [7, 11) is 0. The number of rotatable bonds is 3. The zero-order valence-corrected chi connectivity index (χ0v) is 13.2. The van der Waals surface area contributed by atoms with Gasteiger partial charge in [0.1, 0.15) is 5.58 Å². The molecule has 2 heterocycles. The van der Waals surface area contributed by atoms with Crippen LogP contribution in [0.25, 0.3) is 33.6 Å².